The molecule has 1 amide bonds. The lowest BCUT2D eigenvalue weighted by atomic mass is 10.0. The van der Waals surface area contributed by atoms with Gasteiger partial charge in [-0.2, -0.15) is 10.4 Å². The Morgan fingerprint density at radius 2 is 2.00 bits per heavy atom. The summed E-state index contributed by atoms with van der Waals surface area (Å²) in [6, 6.07) is 4.59. The van der Waals surface area contributed by atoms with Crippen LogP contribution < -0.4 is 5.32 Å². The molecular formula is C22H26ClFN4O4. The van der Waals surface area contributed by atoms with Gasteiger partial charge in [0.25, 0.3) is 0 Å². The Labute approximate surface area is 191 Å². The first-order valence-electron chi connectivity index (χ1n) is 10.0. The summed E-state index contributed by atoms with van der Waals surface area (Å²) in [5.41, 5.74) is -0.574. The monoisotopic (exact) mass is 464 g/mol. The van der Waals surface area contributed by atoms with E-state index < -0.39 is 23.5 Å². The van der Waals surface area contributed by atoms with Crippen molar-refractivity contribution >= 4 is 29.5 Å². The zero-order chi connectivity index (χ0) is 24.2. The van der Waals surface area contributed by atoms with E-state index in [-0.39, 0.29) is 52.3 Å². The third kappa shape index (κ3) is 5.77. The molecule has 32 heavy (non-hydrogen) atoms. The summed E-state index contributed by atoms with van der Waals surface area (Å²) in [6.45, 7) is 10.6. The van der Waals surface area contributed by atoms with Crippen molar-refractivity contribution in [2.75, 3.05) is 11.9 Å². The van der Waals surface area contributed by atoms with Gasteiger partial charge in [0.15, 0.2) is 11.6 Å². The summed E-state index contributed by atoms with van der Waals surface area (Å²) in [7, 11) is 0. The van der Waals surface area contributed by atoms with Crippen LogP contribution in [0.1, 0.15) is 58.7 Å². The number of hydrogen-bond donors (Lipinski definition) is 1. The van der Waals surface area contributed by atoms with Gasteiger partial charge in [-0.25, -0.2) is 13.9 Å². The Morgan fingerprint density at radius 3 is 2.53 bits per heavy atom. The van der Waals surface area contributed by atoms with E-state index in [0.29, 0.717) is 0 Å². The molecule has 0 unspecified atom stereocenters. The van der Waals surface area contributed by atoms with Crippen LogP contribution in [0.5, 0.6) is 0 Å². The number of ether oxygens (including phenoxy) is 2. The molecule has 0 radical (unpaired) electrons. The van der Waals surface area contributed by atoms with Gasteiger partial charge in [0.05, 0.1) is 18.1 Å². The van der Waals surface area contributed by atoms with Gasteiger partial charge in [-0.15, -0.1) is 0 Å². The number of halogens is 2. The van der Waals surface area contributed by atoms with E-state index >= 15 is 4.39 Å². The average Bonchev–Trinajstić information content (AvgIpc) is 3.02. The number of carbonyl (C=O) groups excluding carboxylic acids is 2. The van der Waals surface area contributed by atoms with E-state index in [1.165, 1.54) is 16.8 Å². The summed E-state index contributed by atoms with van der Waals surface area (Å²) in [4.78, 5) is 24.1. The van der Waals surface area contributed by atoms with Crippen LogP contribution in [-0.2, 0) is 20.7 Å². The van der Waals surface area contributed by atoms with Gasteiger partial charge in [0, 0.05) is 11.6 Å². The van der Waals surface area contributed by atoms with Crippen molar-refractivity contribution in [3.63, 3.8) is 0 Å². The number of hydrogen-bond acceptors (Lipinski definition) is 6. The summed E-state index contributed by atoms with van der Waals surface area (Å²) in [6.07, 6.45) is -0.966. The molecule has 0 fully saturated rings. The van der Waals surface area contributed by atoms with E-state index in [9.17, 15) is 14.9 Å². The quantitative estimate of drug-likeness (QED) is 0.585. The second-order valence-electron chi connectivity index (χ2n) is 8.23. The number of rotatable bonds is 6. The summed E-state index contributed by atoms with van der Waals surface area (Å²) in [5.74, 6) is -1.28. The largest absolute Gasteiger partial charge is 0.466 e. The minimum atomic E-state index is -0.831. The second kappa shape index (κ2) is 10.0. The zero-order valence-corrected chi connectivity index (χ0v) is 19.6. The van der Waals surface area contributed by atoms with Crippen LogP contribution in [0.15, 0.2) is 12.1 Å². The van der Waals surface area contributed by atoms with E-state index in [4.69, 9.17) is 21.1 Å². The molecule has 172 valence electrons. The molecule has 0 saturated heterocycles. The van der Waals surface area contributed by atoms with E-state index in [2.05, 4.69) is 10.4 Å². The zero-order valence-electron chi connectivity index (χ0n) is 18.9. The first kappa shape index (κ1) is 25.1. The number of benzene rings is 1. The molecule has 0 aliphatic carbocycles. The van der Waals surface area contributed by atoms with Crippen LogP contribution in [-0.4, -0.2) is 34.1 Å². The molecule has 2 aromatic rings. The minimum Gasteiger partial charge on any atom is -0.466 e. The summed E-state index contributed by atoms with van der Waals surface area (Å²) in [5, 5.41) is 16.4. The van der Waals surface area contributed by atoms with Crippen molar-refractivity contribution in [2.24, 2.45) is 0 Å². The lowest BCUT2D eigenvalue weighted by Crippen LogP contribution is -2.28. The van der Waals surface area contributed by atoms with Crippen LogP contribution in [0.25, 0.3) is 11.3 Å². The topological polar surface area (TPSA) is 106 Å². The number of carbonyl (C=O) groups is 2. The van der Waals surface area contributed by atoms with Crippen LogP contribution >= 0.6 is 11.6 Å². The maximum absolute atomic E-state index is 15.2. The van der Waals surface area contributed by atoms with Gasteiger partial charge in [0.2, 0.25) is 0 Å². The highest BCUT2D eigenvalue weighted by Crippen LogP contribution is 2.35. The van der Waals surface area contributed by atoms with E-state index in [1.54, 1.807) is 41.5 Å². The average molecular weight is 465 g/mol. The van der Waals surface area contributed by atoms with Crippen LogP contribution in [0, 0.1) is 17.1 Å². The molecule has 0 atom stereocenters. The van der Waals surface area contributed by atoms with Gasteiger partial charge in [0.1, 0.15) is 22.9 Å². The Balaban J connectivity index is 2.54. The fourth-order valence-corrected chi connectivity index (χ4v) is 3.13. The first-order chi connectivity index (χ1) is 14.9. The number of amides is 1. The Bertz CT molecular complexity index is 1070. The van der Waals surface area contributed by atoms with E-state index in [0.717, 1.165) is 0 Å². The van der Waals surface area contributed by atoms with Crippen molar-refractivity contribution < 1.29 is 23.5 Å². The molecular weight excluding hydrogens is 439 g/mol. The van der Waals surface area contributed by atoms with E-state index in [1.807, 2.05) is 6.07 Å². The predicted molar refractivity (Wildman–Crippen MR) is 118 cm³/mol. The molecule has 0 spiro atoms. The molecule has 1 aromatic carbocycles. The highest BCUT2D eigenvalue weighted by Gasteiger charge is 2.27. The molecule has 0 saturated carbocycles. The predicted octanol–water partition coefficient (Wildman–Crippen LogP) is 5.25. The number of anilines is 1. The van der Waals surface area contributed by atoms with Crippen LogP contribution in [0.3, 0.4) is 0 Å². The number of aromatic nitrogens is 2. The fourth-order valence-electron chi connectivity index (χ4n) is 2.90. The Kier molecular flexibility index (Phi) is 7.86. The van der Waals surface area contributed by atoms with Gasteiger partial charge < -0.3 is 9.47 Å². The normalized spacial score (nSPS) is 11.2. The third-order valence-corrected chi connectivity index (χ3v) is 4.60. The molecule has 1 aromatic heterocycles. The Morgan fingerprint density at radius 1 is 1.34 bits per heavy atom. The second-order valence-corrected chi connectivity index (χ2v) is 8.61. The van der Waals surface area contributed by atoms with Gasteiger partial charge >= 0.3 is 12.1 Å². The van der Waals surface area contributed by atoms with Crippen molar-refractivity contribution in [1.29, 1.82) is 5.26 Å². The number of nitrogens with zero attached hydrogens (tertiary/aromatic N) is 3. The summed E-state index contributed by atoms with van der Waals surface area (Å²) < 4.78 is 26.7. The molecule has 2 rings (SSSR count). The van der Waals surface area contributed by atoms with Crippen molar-refractivity contribution in [3.05, 3.63) is 34.1 Å². The highest BCUT2D eigenvalue weighted by atomic mass is 35.5. The Hall–Kier alpha value is -3.12. The maximum Gasteiger partial charge on any atom is 0.413 e. The molecule has 0 bridgehead atoms. The van der Waals surface area contributed by atoms with Crippen molar-refractivity contribution in [2.45, 2.75) is 59.6 Å². The van der Waals surface area contributed by atoms with Gasteiger partial charge in [-0.3, -0.25) is 10.1 Å². The molecule has 0 aliphatic heterocycles. The summed E-state index contributed by atoms with van der Waals surface area (Å²) >= 11 is 6.16. The number of nitriles is 1. The minimum absolute atomic E-state index is 0.00865. The molecule has 0 aliphatic rings. The smallest absolute Gasteiger partial charge is 0.413 e. The number of esters is 1. The maximum atomic E-state index is 15.2. The molecule has 1 heterocycles. The van der Waals surface area contributed by atoms with Crippen molar-refractivity contribution in [3.8, 4) is 17.3 Å². The standard InChI is InChI=1S/C22H26ClFN4O4/c1-7-31-16(29)10-13-8-9-14(18(24)17(13)23)19-15(11-25)20(28(27-19)12(2)3)26-21(30)32-22(4,5)6/h8-9,12H,7,10H2,1-6H3,(H,26,30). The lowest BCUT2D eigenvalue weighted by Gasteiger charge is -2.20. The lowest BCUT2D eigenvalue weighted by molar-refractivity contribution is -0.142. The third-order valence-electron chi connectivity index (χ3n) is 4.19. The molecule has 10 heteroatoms. The van der Waals surface area contributed by atoms with Crippen LogP contribution in [0.2, 0.25) is 5.02 Å². The fraction of sp³-hybridized carbons (Fsp3) is 0.455. The van der Waals surface area contributed by atoms with Crippen molar-refractivity contribution in [1.82, 2.24) is 9.78 Å². The highest BCUT2D eigenvalue weighted by molar-refractivity contribution is 6.32. The number of nitrogens with one attached hydrogen (secondary N) is 1. The SMILES string of the molecule is CCOC(=O)Cc1ccc(-c2nn(C(C)C)c(NC(=O)OC(C)(C)C)c2C#N)c(F)c1Cl. The molecule has 1 N–H and O–H groups in total. The van der Waals surface area contributed by atoms with Crippen LogP contribution in [0.4, 0.5) is 15.0 Å². The van der Waals surface area contributed by atoms with Gasteiger partial charge in [-0.05, 0) is 53.2 Å². The first-order valence-corrected chi connectivity index (χ1v) is 10.4. The van der Waals surface area contributed by atoms with Gasteiger partial charge in [-0.1, -0.05) is 17.7 Å². The molecule has 8 nitrogen and oxygen atoms in total.